The molecule has 1 rings (SSSR count). The second-order valence-corrected chi connectivity index (χ2v) is 4.58. The van der Waals surface area contributed by atoms with Crippen molar-refractivity contribution in [1.29, 1.82) is 0 Å². The molecule has 0 saturated carbocycles. The molecule has 0 aliphatic carbocycles. The van der Waals surface area contributed by atoms with Crippen molar-refractivity contribution >= 4 is 11.6 Å². The van der Waals surface area contributed by atoms with Gasteiger partial charge in [0.05, 0.1) is 11.0 Å². The Bertz CT molecular complexity index is 532. The fraction of sp³-hybridized carbons (Fsp3) is 0.364. The third-order valence-corrected chi connectivity index (χ3v) is 2.44. The van der Waals surface area contributed by atoms with E-state index in [0.29, 0.717) is 12.1 Å². The number of nitro groups is 1. The quantitative estimate of drug-likeness (QED) is 0.638. The maximum atomic E-state index is 13.1. The summed E-state index contributed by atoms with van der Waals surface area (Å²) in [5, 5.41) is 13.1. The number of amides is 1. The molecule has 0 heterocycles. The van der Waals surface area contributed by atoms with Crippen molar-refractivity contribution in [2.45, 2.75) is 19.4 Å². The summed E-state index contributed by atoms with van der Waals surface area (Å²) < 4.78 is 26.1. The number of hydrogen-bond acceptors (Lipinski definition) is 4. The van der Waals surface area contributed by atoms with Crippen LogP contribution in [0.2, 0.25) is 0 Å². The Hall–Kier alpha value is -2.09. The van der Waals surface area contributed by atoms with Crippen LogP contribution in [0.5, 0.6) is 0 Å². The summed E-state index contributed by atoms with van der Waals surface area (Å²) in [6.45, 7) is 3.27. The van der Waals surface area contributed by atoms with Gasteiger partial charge in [0.2, 0.25) is 0 Å². The van der Waals surface area contributed by atoms with E-state index in [2.05, 4.69) is 5.32 Å². The zero-order valence-electron chi connectivity index (χ0n) is 10.4. The van der Waals surface area contributed by atoms with E-state index in [4.69, 9.17) is 5.73 Å². The van der Waals surface area contributed by atoms with Gasteiger partial charge in [0.1, 0.15) is 5.56 Å². The molecule has 104 valence electrons. The number of carbonyl (C=O) groups is 1. The zero-order valence-corrected chi connectivity index (χ0v) is 10.4. The molecule has 0 spiro atoms. The summed E-state index contributed by atoms with van der Waals surface area (Å²) in [6, 6.07) is 0.870. The SMILES string of the molecule is CC(C)(CN)NC(=O)c1cc(F)c(F)cc1[N+](=O)[O-]. The van der Waals surface area contributed by atoms with Gasteiger partial charge < -0.3 is 11.1 Å². The van der Waals surface area contributed by atoms with Gasteiger partial charge >= 0.3 is 0 Å². The van der Waals surface area contributed by atoms with Crippen molar-refractivity contribution in [3.05, 3.63) is 39.4 Å². The lowest BCUT2D eigenvalue weighted by Crippen LogP contribution is -2.49. The Morgan fingerprint density at radius 1 is 1.42 bits per heavy atom. The monoisotopic (exact) mass is 273 g/mol. The van der Waals surface area contributed by atoms with E-state index in [1.54, 1.807) is 13.8 Å². The van der Waals surface area contributed by atoms with Gasteiger partial charge in [-0.25, -0.2) is 8.78 Å². The van der Waals surface area contributed by atoms with Gasteiger partial charge in [-0.15, -0.1) is 0 Å². The molecule has 1 aromatic carbocycles. The highest BCUT2D eigenvalue weighted by Crippen LogP contribution is 2.22. The van der Waals surface area contributed by atoms with E-state index in [0.717, 1.165) is 0 Å². The molecule has 3 N–H and O–H groups in total. The average Bonchev–Trinajstić information content (AvgIpc) is 2.31. The van der Waals surface area contributed by atoms with Crippen LogP contribution in [-0.2, 0) is 0 Å². The Kier molecular flexibility index (Phi) is 4.15. The average molecular weight is 273 g/mol. The highest BCUT2D eigenvalue weighted by atomic mass is 19.2. The summed E-state index contributed by atoms with van der Waals surface area (Å²) in [6.07, 6.45) is 0. The number of hydrogen-bond donors (Lipinski definition) is 2. The van der Waals surface area contributed by atoms with Gasteiger partial charge in [-0.3, -0.25) is 14.9 Å². The molecule has 0 unspecified atom stereocenters. The van der Waals surface area contributed by atoms with E-state index in [1.165, 1.54) is 0 Å². The molecular formula is C11H13F2N3O3. The maximum Gasteiger partial charge on any atom is 0.285 e. The van der Waals surface area contributed by atoms with Crippen LogP contribution in [0.25, 0.3) is 0 Å². The van der Waals surface area contributed by atoms with E-state index in [9.17, 15) is 23.7 Å². The van der Waals surface area contributed by atoms with Crippen molar-refractivity contribution in [2.75, 3.05) is 6.54 Å². The Labute approximate surface area is 107 Å². The van der Waals surface area contributed by atoms with Gasteiger partial charge in [-0.2, -0.15) is 0 Å². The van der Waals surface area contributed by atoms with E-state index < -0.39 is 39.3 Å². The Balaban J connectivity index is 3.22. The summed E-state index contributed by atoms with van der Waals surface area (Å²) in [4.78, 5) is 21.6. The molecule has 1 amide bonds. The number of halogens is 2. The molecule has 8 heteroatoms. The lowest BCUT2D eigenvalue weighted by molar-refractivity contribution is -0.385. The number of nitrogens with two attached hydrogens (primary N) is 1. The topological polar surface area (TPSA) is 98.3 Å². The first kappa shape index (κ1) is 15.0. The molecule has 6 nitrogen and oxygen atoms in total. The first-order chi connectivity index (χ1) is 8.68. The number of rotatable bonds is 4. The van der Waals surface area contributed by atoms with Gasteiger partial charge in [-0.05, 0) is 19.9 Å². The molecule has 0 aromatic heterocycles. The van der Waals surface area contributed by atoms with E-state index >= 15 is 0 Å². The lowest BCUT2D eigenvalue weighted by Gasteiger charge is -2.24. The predicted molar refractivity (Wildman–Crippen MR) is 63.6 cm³/mol. The van der Waals surface area contributed by atoms with E-state index in [-0.39, 0.29) is 6.54 Å². The zero-order chi connectivity index (χ0) is 14.8. The second-order valence-electron chi connectivity index (χ2n) is 4.58. The Morgan fingerprint density at radius 3 is 2.42 bits per heavy atom. The van der Waals surface area contributed by atoms with Crippen LogP contribution in [0, 0.1) is 21.7 Å². The van der Waals surface area contributed by atoms with Crippen molar-refractivity contribution in [3.8, 4) is 0 Å². The summed E-state index contributed by atoms with van der Waals surface area (Å²) in [5.74, 6) is -3.61. The highest BCUT2D eigenvalue weighted by Gasteiger charge is 2.27. The minimum atomic E-state index is -1.39. The van der Waals surface area contributed by atoms with Crippen LogP contribution in [0.4, 0.5) is 14.5 Å². The third kappa shape index (κ3) is 3.44. The van der Waals surface area contributed by atoms with E-state index in [1.807, 2.05) is 0 Å². The first-order valence-corrected chi connectivity index (χ1v) is 5.34. The van der Waals surface area contributed by atoms with Crippen LogP contribution in [0.1, 0.15) is 24.2 Å². The van der Waals surface area contributed by atoms with Crippen LogP contribution in [-0.4, -0.2) is 22.9 Å². The van der Waals surface area contributed by atoms with Gasteiger partial charge in [0.15, 0.2) is 11.6 Å². The number of nitrogens with one attached hydrogen (secondary N) is 1. The fourth-order valence-corrected chi connectivity index (χ4v) is 1.29. The normalized spacial score (nSPS) is 11.2. The molecular weight excluding hydrogens is 260 g/mol. The minimum absolute atomic E-state index is 0.0796. The van der Waals surface area contributed by atoms with Crippen molar-refractivity contribution in [2.24, 2.45) is 5.73 Å². The third-order valence-electron chi connectivity index (χ3n) is 2.44. The minimum Gasteiger partial charge on any atom is -0.346 e. The molecule has 0 atom stereocenters. The molecule has 0 saturated heterocycles. The smallest absolute Gasteiger partial charge is 0.285 e. The molecule has 0 fully saturated rings. The van der Waals surface area contributed by atoms with Crippen LogP contribution < -0.4 is 11.1 Å². The van der Waals surface area contributed by atoms with Gasteiger partial charge in [-0.1, -0.05) is 0 Å². The van der Waals surface area contributed by atoms with Gasteiger partial charge in [0.25, 0.3) is 11.6 Å². The predicted octanol–water partition coefficient (Wildman–Crippen LogP) is 1.34. The number of benzene rings is 1. The van der Waals surface area contributed by atoms with Crippen molar-refractivity contribution in [1.82, 2.24) is 5.32 Å². The molecule has 0 aliphatic rings. The molecule has 0 radical (unpaired) electrons. The van der Waals surface area contributed by atoms with Crippen molar-refractivity contribution in [3.63, 3.8) is 0 Å². The standard InChI is InChI=1S/C11H13F2N3O3/c1-11(2,5-14)15-10(17)6-3-7(12)8(13)4-9(6)16(18)19/h3-4H,5,14H2,1-2H3,(H,15,17). The fourth-order valence-electron chi connectivity index (χ4n) is 1.29. The second kappa shape index (κ2) is 5.27. The lowest BCUT2D eigenvalue weighted by atomic mass is 10.0. The molecule has 19 heavy (non-hydrogen) atoms. The van der Waals surface area contributed by atoms with Crippen molar-refractivity contribution < 1.29 is 18.5 Å². The number of nitro benzene ring substituents is 1. The molecule has 0 bridgehead atoms. The Morgan fingerprint density at radius 2 is 1.95 bits per heavy atom. The van der Waals surface area contributed by atoms with Gasteiger partial charge in [0, 0.05) is 12.1 Å². The summed E-state index contributed by atoms with van der Waals surface area (Å²) in [7, 11) is 0. The summed E-state index contributed by atoms with van der Waals surface area (Å²) in [5.41, 5.74) is 3.23. The van der Waals surface area contributed by atoms with Crippen LogP contribution in [0.15, 0.2) is 12.1 Å². The molecule has 1 aromatic rings. The van der Waals surface area contributed by atoms with Crippen LogP contribution >= 0.6 is 0 Å². The summed E-state index contributed by atoms with van der Waals surface area (Å²) >= 11 is 0. The largest absolute Gasteiger partial charge is 0.346 e. The number of carbonyl (C=O) groups excluding carboxylic acids is 1. The van der Waals surface area contributed by atoms with Crippen LogP contribution in [0.3, 0.4) is 0 Å². The maximum absolute atomic E-state index is 13.1. The number of nitrogens with zero attached hydrogens (tertiary/aromatic N) is 1. The first-order valence-electron chi connectivity index (χ1n) is 5.34. The molecule has 0 aliphatic heterocycles. The highest BCUT2D eigenvalue weighted by molar-refractivity contribution is 5.98.